The summed E-state index contributed by atoms with van der Waals surface area (Å²) >= 11 is 0. The van der Waals surface area contributed by atoms with Gasteiger partial charge in [0.05, 0.1) is 18.0 Å². The lowest BCUT2D eigenvalue weighted by atomic mass is 10.2. The van der Waals surface area contributed by atoms with Gasteiger partial charge in [-0.3, -0.25) is 0 Å². The first-order valence-corrected chi connectivity index (χ1v) is 7.62. The molecule has 0 aromatic heterocycles. The maximum atomic E-state index is 12.0. The van der Waals surface area contributed by atoms with Gasteiger partial charge in [0.2, 0.25) is 10.0 Å². The van der Waals surface area contributed by atoms with E-state index in [1.54, 1.807) is 4.31 Å². The molecular weight excluding hydrogens is 240 g/mol. The normalized spacial score (nSPS) is 20.7. The molecule has 102 valence electrons. The fourth-order valence-electron chi connectivity index (χ4n) is 1.65. The van der Waals surface area contributed by atoms with E-state index in [1.165, 1.54) is 0 Å². The van der Waals surface area contributed by atoms with Crippen LogP contribution in [0, 0.1) is 0 Å². The van der Waals surface area contributed by atoms with Crippen molar-refractivity contribution in [3.05, 3.63) is 0 Å². The summed E-state index contributed by atoms with van der Waals surface area (Å²) in [6.07, 6.45) is 0. The second kappa shape index (κ2) is 5.65. The molecule has 0 radical (unpaired) electrons. The van der Waals surface area contributed by atoms with Crippen LogP contribution in [0.1, 0.15) is 20.8 Å². The van der Waals surface area contributed by atoms with Crippen molar-refractivity contribution in [2.24, 2.45) is 0 Å². The third kappa shape index (κ3) is 5.33. The monoisotopic (exact) mass is 264 g/mol. The van der Waals surface area contributed by atoms with Crippen molar-refractivity contribution in [3.8, 4) is 0 Å². The first-order chi connectivity index (χ1) is 7.71. The molecule has 6 heteroatoms. The van der Waals surface area contributed by atoms with Crippen molar-refractivity contribution in [1.82, 2.24) is 9.21 Å². The Morgan fingerprint density at radius 1 is 1.12 bits per heavy atom. The number of likely N-dealkylation sites (N-methyl/N-ethyl adjacent to an activating group) is 1. The first kappa shape index (κ1) is 14.9. The number of nitrogens with zero attached hydrogens (tertiary/aromatic N) is 2. The second-order valence-corrected chi connectivity index (χ2v) is 7.57. The Labute approximate surface area is 105 Å². The van der Waals surface area contributed by atoms with Gasteiger partial charge in [-0.1, -0.05) is 0 Å². The Bertz CT molecular complexity index is 327. The van der Waals surface area contributed by atoms with Crippen LogP contribution in [-0.2, 0) is 14.8 Å². The van der Waals surface area contributed by atoms with Crippen LogP contribution in [0.2, 0.25) is 0 Å². The number of sulfonamides is 1. The summed E-state index contributed by atoms with van der Waals surface area (Å²) in [6.45, 7) is 8.83. The van der Waals surface area contributed by atoms with E-state index in [4.69, 9.17) is 4.74 Å². The summed E-state index contributed by atoms with van der Waals surface area (Å²) in [7, 11) is -1.14. The Balaban J connectivity index is 2.41. The first-order valence-electron chi connectivity index (χ1n) is 6.01. The molecule has 0 amide bonds. The van der Waals surface area contributed by atoms with Crippen molar-refractivity contribution in [2.75, 3.05) is 45.6 Å². The summed E-state index contributed by atoms with van der Waals surface area (Å²) in [6, 6.07) is 0. The van der Waals surface area contributed by atoms with Crippen molar-refractivity contribution >= 4 is 10.0 Å². The Morgan fingerprint density at radius 3 is 2.12 bits per heavy atom. The van der Waals surface area contributed by atoms with Crippen LogP contribution >= 0.6 is 0 Å². The van der Waals surface area contributed by atoms with Crippen LogP contribution in [0.25, 0.3) is 0 Å². The minimum atomic E-state index is -3.15. The topological polar surface area (TPSA) is 49.9 Å². The predicted molar refractivity (Wildman–Crippen MR) is 68.6 cm³/mol. The Hall–Kier alpha value is -0.170. The third-order valence-corrected chi connectivity index (χ3v) is 4.57. The molecule has 0 aromatic carbocycles. The van der Waals surface area contributed by atoms with E-state index in [1.807, 2.05) is 27.8 Å². The molecule has 0 saturated carbocycles. The largest absolute Gasteiger partial charge is 0.375 e. The lowest BCUT2D eigenvalue weighted by molar-refractivity contribution is 0.00606. The molecule has 0 bridgehead atoms. The van der Waals surface area contributed by atoms with Gasteiger partial charge in [-0.25, -0.2) is 8.42 Å². The van der Waals surface area contributed by atoms with E-state index in [0.29, 0.717) is 13.1 Å². The molecule has 1 fully saturated rings. The van der Waals surface area contributed by atoms with Crippen LogP contribution < -0.4 is 0 Å². The van der Waals surface area contributed by atoms with E-state index in [-0.39, 0.29) is 18.0 Å². The summed E-state index contributed by atoms with van der Waals surface area (Å²) in [5, 5.41) is 0. The number of piperazine rings is 1. The molecule has 0 aliphatic carbocycles. The van der Waals surface area contributed by atoms with Crippen LogP contribution in [0.4, 0.5) is 0 Å². The lowest BCUT2D eigenvalue weighted by Gasteiger charge is -2.31. The average molecular weight is 264 g/mol. The Morgan fingerprint density at radius 2 is 1.65 bits per heavy atom. The van der Waals surface area contributed by atoms with E-state index in [2.05, 4.69) is 4.90 Å². The average Bonchev–Trinajstić information content (AvgIpc) is 2.15. The summed E-state index contributed by atoms with van der Waals surface area (Å²) in [4.78, 5) is 2.14. The number of hydrogen-bond acceptors (Lipinski definition) is 4. The van der Waals surface area contributed by atoms with Crippen LogP contribution in [-0.4, -0.2) is 68.8 Å². The van der Waals surface area contributed by atoms with E-state index < -0.39 is 10.0 Å². The summed E-state index contributed by atoms with van der Waals surface area (Å²) in [5.74, 6) is 0.0774. The highest BCUT2D eigenvalue weighted by Crippen LogP contribution is 2.10. The standard InChI is InChI=1S/C11H24N2O3S/c1-11(2,3)16-9-10-17(14,15)13-7-5-12(4)6-8-13/h5-10H2,1-4H3. The van der Waals surface area contributed by atoms with E-state index in [0.717, 1.165) is 13.1 Å². The SMILES string of the molecule is CN1CCN(S(=O)(=O)CCOC(C)(C)C)CC1. The minimum absolute atomic E-state index is 0.0774. The quantitative estimate of drug-likeness (QED) is 0.736. The van der Waals surface area contributed by atoms with Crippen molar-refractivity contribution < 1.29 is 13.2 Å². The summed E-state index contributed by atoms with van der Waals surface area (Å²) < 4.78 is 31.0. The molecule has 0 unspecified atom stereocenters. The molecule has 0 N–H and O–H groups in total. The molecule has 1 saturated heterocycles. The fraction of sp³-hybridized carbons (Fsp3) is 1.00. The zero-order valence-electron chi connectivity index (χ0n) is 11.3. The predicted octanol–water partition coefficient (Wildman–Crippen LogP) is 0.379. The molecule has 0 aromatic rings. The van der Waals surface area contributed by atoms with E-state index in [9.17, 15) is 8.42 Å². The minimum Gasteiger partial charge on any atom is -0.375 e. The van der Waals surface area contributed by atoms with Crippen molar-refractivity contribution in [2.45, 2.75) is 26.4 Å². The fourth-order valence-corrected chi connectivity index (χ4v) is 2.92. The second-order valence-electron chi connectivity index (χ2n) is 5.48. The van der Waals surface area contributed by atoms with Gasteiger partial charge < -0.3 is 9.64 Å². The summed E-state index contributed by atoms with van der Waals surface area (Å²) in [5.41, 5.74) is -0.280. The van der Waals surface area contributed by atoms with Gasteiger partial charge in [-0.05, 0) is 27.8 Å². The van der Waals surface area contributed by atoms with Gasteiger partial charge in [0.25, 0.3) is 0 Å². The van der Waals surface area contributed by atoms with Gasteiger partial charge in [0, 0.05) is 26.2 Å². The molecule has 0 atom stereocenters. The van der Waals surface area contributed by atoms with Gasteiger partial charge in [-0.2, -0.15) is 4.31 Å². The van der Waals surface area contributed by atoms with Crippen LogP contribution in [0.15, 0.2) is 0 Å². The molecule has 5 nitrogen and oxygen atoms in total. The van der Waals surface area contributed by atoms with Gasteiger partial charge in [-0.15, -0.1) is 0 Å². The molecule has 0 spiro atoms. The zero-order valence-corrected chi connectivity index (χ0v) is 12.1. The lowest BCUT2D eigenvalue weighted by Crippen LogP contribution is -2.48. The van der Waals surface area contributed by atoms with Gasteiger partial charge in [0.1, 0.15) is 0 Å². The maximum Gasteiger partial charge on any atom is 0.216 e. The smallest absolute Gasteiger partial charge is 0.216 e. The molecule has 17 heavy (non-hydrogen) atoms. The molecule has 1 heterocycles. The maximum absolute atomic E-state index is 12.0. The number of rotatable bonds is 4. The highest BCUT2D eigenvalue weighted by atomic mass is 32.2. The Kier molecular flexibility index (Phi) is 4.95. The van der Waals surface area contributed by atoms with E-state index >= 15 is 0 Å². The van der Waals surface area contributed by atoms with Gasteiger partial charge in [0.15, 0.2) is 0 Å². The van der Waals surface area contributed by atoms with Crippen LogP contribution in [0.3, 0.4) is 0 Å². The highest BCUT2D eigenvalue weighted by Gasteiger charge is 2.25. The number of hydrogen-bond donors (Lipinski definition) is 0. The van der Waals surface area contributed by atoms with Crippen molar-refractivity contribution in [3.63, 3.8) is 0 Å². The molecule has 1 rings (SSSR count). The van der Waals surface area contributed by atoms with Crippen LogP contribution in [0.5, 0.6) is 0 Å². The third-order valence-electron chi connectivity index (χ3n) is 2.73. The van der Waals surface area contributed by atoms with Gasteiger partial charge >= 0.3 is 0 Å². The van der Waals surface area contributed by atoms with Crippen molar-refractivity contribution in [1.29, 1.82) is 0 Å². The number of ether oxygens (including phenoxy) is 1. The zero-order chi connectivity index (χ0) is 13.1. The highest BCUT2D eigenvalue weighted by molar-refractivity contribution is 7.89. The molecular formula is C11H24N2O3S. The molecule has 1 aliphatic rings. The molecule has 1 aliphatic heterocycles.